The zero-order valence-corrected chi connectivity index (χ0v) is 13.5. The number of amides is 1. The number of nitrogens with zero attached hydrogens (tertiary/aromatic N) is 2. The van der Waals surface area contributed by atoms with E-state index in [9.17, 15) is 9.59 Å². The monoisotopic (exact) mass is 296 g/mol. The van der Waals surface area contributed by atoms with Crippen LogP contribution in [0.25, 0.3) is 0 Å². The fraction of sp³-hybridized carbons (Fsp3) is 0.875. The lowest BCUT2D eigenvalue weighted by Gasteiger charge is -2.36. The summed E-state index contributed by atoms with van der Waals surface area (Å²) in [6, 6.07) is 0.0654. The molecule has 5 nitrogen and oxygen atoms in total. The molecule has 1 saturated heterocycles. The number of likely N-dealkylation sites (tertiary alicyclic amines) is 1. The molecule has 1 saturated carbocycles. The first-order valence-electron chi connectivity index (χ1n) is 8.21. The van der Waals surface area contributed by atoms with Crippen LogP contribution in [-0.4, -0.2) is 60.5 Å². The zero-order chi connectivity index (χ0) is 15.4. The molecule has 0 bridgehead atoms. The Bertz CT molecular complexity index is 382. The van der Waals surface area contributed by atoms with Gasteiger partial charge in [0.2, 0.25) is 5.91 Å². The molecule has 2 atom stereocenters. The number of hydrogen-bond donors (Lipinski definition) is 0. The van der Waals surface area contributed by atoms with Crippen molar-refractivity contribution in [2.24, 2.45) is 5.92 Å². The van der Waals surface area contributed by atoms with Gasteiger partial charge in [-0.05, 0) is 58.9 Å². The fourth-order valence-electron chi connectivity index (χ4n) is 3.10. The third kappa shape index (κ3) is 4.19. The van der Waals surface area contributed by atoms with Gasteiger partial charge in [-0.1, -0.05) is 0 Å². The van der Waals surface area contributed by atoms with E-state index in [-0.39, 0.29) is 17.9 Å². The van der Waals surface area contributed by atoms with E-state index in [0.717, 1.165) is 25.2 Å². The number of rotatable bonds is 6. The molecule has 0 aromatic rings. The Hall–Kier alpha value is -1.10. The molecule has 1 heterocycles. The van der Waals surface area contributed by atoms with Crippen molar-refractivity contribution in [3.8, 4) is 0 Å². The molecule has 0 N–H and O–H groups in total. The number of esters is 1. The van der Waals surface area contributed by atoms with E-state index >= 15 is 0 Å². The minimum Gasteiger partial charge on any atom is -0.464 e. The first kappa shape index (κ1) is 16.3. The van der Waals surface area contributed by atoms with E-state index in [1.165, 1.54) is 12.8 Å². The molecule has 5 heteroatoms. The molecule has 120 valence electrons. The molecular formula is C16H28N2O3. The molecule has 2 fully saturated rings. The Kier molecular flexibility index (Phi) is 5.62. The topological polar surface area (TPSA) is 49.9 Å². The number of carbonyl (C=O) groups excluding carboxylic acids is 2. The smallest absolute Gasteiger partial charge is 0.328 e. The first-order chi connectivity index (χ1) is 10.0. The Labute approximate surface area is 127 Å². The Balaban J connectivity index is 1.92. The predicted octanol–water partition coefficient (Wildman–Crippen LogP) is 1.66. The van der Waals surface area contributed by atoms with Crippen molar-refractivity contribution in [2.75, 3.05) is 26.7 Å². The van der Waals surface area contributed by atoms with Crippen molar-refractivity contribution in [1.29, 1.82) is 0 Å². The molecule has 2 rings (SSSR count). The van der Waals surface area contributed by atoms with Crippen LogP contribution < -0.4 is 0 Å². The molecule has 0 aromatic carbocycles. The molecular weight excluding hydrogens is 268 g/mol. The lowest BCUT2D eigenvalue weighted by atomic mass is 10.0. The maximum absolute atomic E-state index is 12.6. The van der Waals surface area contributed by atoms with Crippen LogP contribution in [0.3, 0.4) is 0 Å². The SMILES string of the molecule is CCOC(=O)C1CCCCN1C(=O)CN(C)C(C)C1CC1. The second-order valence-corrected chi connectivity index (χ2v) is 6.34. The minimum atomic E-state index is -0.379. The predicted molar refractivity (Wildman–Crippen MR) is 80.8 cm³/mol. The lowest BCUT2D eigenvalue weighted by molar-refractivity contribution is -0.157. The third-order valence-corrected chi connectivity index (χ3v) is 4.77. The maximum Gasteiger partial charge on any atom is 0.328 e. The van der Waals surface area contributed by atoms with E-state index in [1.807, 2.05) is 7.05 Å². The van der Waals surface area contributed by atoms with Gasteiger partial charge < -0.3 is 9.64 Å². The van der Waals surface area contributed by atoms with Gasteiger partial charge in [0.05, 0.1) is 13.2 Å². The van der Waals surface area contributed by atoms with Crippen molar-refractivity contribution >= 4 is 11.9 Å². The Morgan fingerprint density at radius 3 is 2.62 bits per heavy atom. The van der Waals surface area contributed by atoms with E-state index in [4.69, 9.17) is 4.74 Å². The number of piperidine rings is 1. The lowest BCUT2D eigenvalue weighted by Crippen LogP contribution is -2.52. The summed E-state index contributed by atoms with van der Waals surface area (Å²) < 4.78 is 5.12. The average molecular weight is 296 g/mol. The molecule has 2 unspecified atom stereocenters. The summed E-state index contributed by atoms with van der Waals surface area (Å²) in [4.78, 5) is 28.4. The summed E-state index contributed by atoms with van der Waals surface area (Å²) in [6.45, 7) is 5.43. The maximum atomic E-state index is 12.6. The van der Waals surface area contributed by atoms with Crippen LogP contribution in [-0.2, 0) is 14.3 Å². The van der Waals surface area contributed by atoms with Crippen LogP contribution in [0, 0.1) is 5.92 Å². The van der Waals surface area contributed by atoms with Gasteiger partial charge in [0.1, 0.15) is 6.04 Å². The van der Waals surface area contributed by atoms with E-state index in [1.54, 1.807) is 11.8 Å². The summed E-state index contributed by atoms with van der Waals surface area (Å²) in [7, 11) is 2.00. The van der Waals surface area contributed by atoms with E-state index in [2.05, 4.69) is 11.8 Å². The standard InChI is InChI=1S/C16H28N2O3/c1-4-21-16(20)14-7-5-6-10-18(14)15(19)11-17(3)12(2)13-8-9-13/h12-14H,4-11H2,1-3H3. The largest absolute Gasteiger partial charge is 0.464 e. The van der Waals surface area contributed by atoms with Gasteiger partial charge in [0, 0.05) is 12.6 Å². The van der Waals surface area contributed by atoms with Gasteiger partial charge in [-0.3, -0.25) is 9.69 Å². The van der Waals surface area contributed by atoms with Gasteiger partial charge in [0.15, 0.2) is 0 Å². The van der Waals surface area contributed by atoms with Crippen LogP contribution in [0.15, 0.2) is 0 Å². The molecule has 21 heavy (non-hydrogen) atoms. The molecule has 1 aliphatic carbocycles. The number of hydrogen-bond acceptors (Lipinski definition) is 4. The summed E-state index contributed by atoms with van der Waals surface area (Å²) >= 11 is 0. The first-order valence-corrected chi connectivity index (χ1v) is 8.21. The highest BCUT2D eigenvalue weighted by atomic mass is 16.5. The van der Waals surface area contributed by atoms with Crippen molar-refractivity contribution in [1.82, 2.24) is 9.80 Å². The van der Waals surface area contributed by atoms with Gasteiger partial charge in [-0.15, -0.1) is 0 Å². The highest BCUT2D eigenvalue weighted by molar-refractivity contribution is 5.85. The van der Waals surface area contributed by atoms with E-state index in [0.29, 0.717) is 25.7 Å². The average Bonchev–Trinajstić information content (AvgIpc) is 3.31. The summed E-state index contributed by atoms with van der Waals surface area (Å²) in [5.74, 6) is 0.552. The fourth-order valence-corrected chi connectivity index (χ4v) is 3.10. The highest BCUT2D eigenvalue weighted by Gasteiger charge is 2.35. The second-order valence-electron chi connectivity index (χ2n) is 6.34. The number of carbonyl (C=O) groups is 2. The van der Waals surface area contributed by atoms with Crippen molar-refractivity contribution in [3.63, 3.8) is 0 Å². The second kappa shape index (κ2) is 7.25. The van der Waals surface area contributed by atoms with Crippen LogP contribution in [0.2, 0.25) is 0 Å². The van der Waals surface area contributed by atoms with Crippen LogP contribution in [0.4, 0.5) is 0 Å². The number of ether oxygens (including phenoxy) is 1. The third-order valence-electron chi connectivity index (χ3n) is 4.77. The van der Waals surface area contributed by atoms with Gasteiger partial charge >= 0.3 is 5.97 Å². The normalized spacial score (nSPS) is 24.0. The molecule has 0 spiro atoms. The summed E-state index contributed by atoms with van der Waals surface area (Å²) in [5, 5.41) is 0. The Morgan fingerprint density at radius 2 is 2.00 bits per heavy atom. The van der Waals surface area contributed by atoms with Gasteiger partial charge in [-0.25, -0.2) is 4.79 Å². The highest BCUT2D eigenvalue weighted by Crippen LogP contribution is 2.34. The summed E-state index contributed by atoms with van der Waals surface area (Å²) in [5.41, 5.74) is 0. The molecule has 1 amide bonds. The minimum absolute atomic E-state index is 0.0581. The zero-order valence-electron chi connectivity index (χ0n) is 13.5. The molecule has 0 aromatic heterocycles. The van der Waals surface area contributed by atoms with E-state index < -0.39 is 0 Å². The van der Waals surface area contributed by atoms with Crippen molar-refractivity contribution in [2.45, 2.75) is 58.0 Å². The molecule has 2 aliphatic rings. The van der Waals surface area contributed by atoms with Crippen LogP contribution in [0.1, 0.15) is 46.0 Å². The summed E-state index contributed by atoms with van der Waals surface area (Å²) in [6.07, 6.45) is 5.24. The quantitative estimate of drug-likeness (QED) is 0.700. The van der Waals surface area contributed by atoms with Gasteiger partial charge in [0.25, 0.3) is 0 Å². The Morgan fingerprint density at radius 1 is 1.29 bits per heavy atom. The van der Waals surface area contributed by atoms with Gasteiger partial charge in [-0.2, -0.15) is 0 Å². The number of likely N-dealkylation sites (N-methyl/N-ethyl adjacent to an activating group) is 1. The molecule has 1 aliphatic heterocycles. The van der Waals surface area contributed by atoms with Crippen LogP contribution in [0.5, 0.6) is 0 Å². The van der Waals surface area contributed by atoms with Crippen molar-refractivity contribution in [3.05, 3.63) is 0 Å². The van der Waals surface area contributed by atoms with Crippen molar-refractivity contribution < 1.29 is 14.3 Å². The van der Waals surface area contributed by atoms with Crippen LogP contribution >= 0.6 is 0 Å². The molecule has 0 radical (unpaired) electrons.